The van der Waals surface area contributed by atoms with Crippen LogP contribution < -0.4 is 20.2 Å². The van der Waals surface area contributed by atoms with Gasteiger partial charge in [0.25, 0.3) is 5.91 Å². The molecule has 0 unspecified atom stereocenters. The number of nitrogens with one attached hydrogen (secondary N) is 2. The van der Waals surface area contributed by atoms with Crippen LogP contribution >= 0.6 is 0 Å². The van der Waals surface area contributed by atoms with Gasteiger partial charge in [0.15, 0.2) is 0 Å². The average Bonchev–Trinajstić information content (AvgIpc) is 2.61. The molecular formula is C19H23N3O3. The second kappa shape index (κ2) is 9.32. The van der Waals surface area contributed by atoms with Gasteiger partial charge in [0, 0.05) is 5.56 Å². The van der Waals surface area contributed by atoms with E-state index in [0.29, 0.717) is 5.75 Å². The monoisotopic (exact) mass is 341 g/mol. The summed E-state index contributed by atoms with van der Waals surface area (Å²) in [6.07, 6.45) is 1.63. The van der Waals surface area contributed by atoms with Gasteiger partial charge in [-0.2, -0.15) is 5.10 Å². The van der Waals surface area contributed by atoms with Crippen molar-refractivity contribution in [3.63, 3.8) is 0 Å². The third-order valence-electron chi connectivity index (χ3n) is 3.22. The summed E-state index contributed by atoms with van der Waals surface area (Å²) in [5.41, 5.74) is 4.04. The van der Waals surface area contributed by atoms with Crippen LogP contribution in [0.15, 0.2) is 53.6 Å². The van der Waals surface area contributed by atoms with Crippen LogP contribution in [0.25, 0.3) is 0 Å². The van der Waals surface area contributed by atoms with Crippen LogP contribution in [-0.4, -0.2) is 31.9 Å². The van der Waals surface area contributed by atoms with E-state index in [1.807, 2.05) is 62.4 Å². The zero-order valence-corrected chi connectivity index (χ0v) is 14.7. The number of ether oxygens (including phenoxy) is 2. The number of carbonyl (C=O) groups is 1. The van der Waals surface area contributed by atoms with E-state index in [4.69, 9.17) is 9.47 Å². The first-order valence-electron chi connectivity index (χ1n) is 8.04. The molecule has 0 aromatic heterocycles. The van der Waals surface area contributed by atoms with Gasteiger partial charge in [0.1, 0.15) is 11.5 Å². The predicted octanol–water partition coefficient (Wildman–Crippen LogP) is 3.04. The van der Waals surface area contributed by atoms with Crippen molar-refractivity contribution >= 4 is 17.8 Å². The van der Waals surface area contributed by atoms with Gasteiger partial charge in [-0.25, -0.2) is 5.43 Å². The fourth-order valence-corrected chi connectivity index (χ4v) is 2.13. The van der Waals surface area contributed by atoms with Gasteiger partial charge >= 0.3 is 0 Å². The van der Waals surface area contributed by atoms with Crippen LogP contribution in [0.2, 0.25) is 0 Å². The highest BCUT2D eigenvalue weighted by molar-refractivity contribution is 5.86. The Balaban J connectivity index is 1.89. The molecule has 1 amide bonds. The van der Waals surface area contributed by atoms with Gasteiger partial charge in [-0.15, -0.1) is 0 Å². The number of carbonyl (C=O) groups excluding carboxylic acids is 1. The molecule has 0 aliphatic carbocycles. The normalized spacial score (nSPS) is 10.7. The molecule has 0 atom stereocenters. The SMILES string of the molecule is COc1ccccc1NCC(=O)N/N=C/c1ccccc1OC(C)C. The highest BCUT2D eigenvalue weighted by Crippen LogP contribution is 2.22. The molecule has 2 rings (SSSR count). The van der Waals surface area contributed by atoms with E-state index in [9.17, 15) is 4.79 Å². The molecule has 0 radical (unpaired) electrons. The Kier molecular flexibility index (Phi) is 6.83. The Morgan fingerprint density at radius 3 is 2.52 bits per heavy atom. The lowest BCUT2D eigenvalue weighted by molar-refractivity contribution is -0.119. The van der Waals surface area contributed by atoms with Crippen LogP contribution in [0.5, 0.6) is 11.5 Å². The Morgan fingerprint density at radius 2 is 1.80 bits per heavy atom. The standard InChI is InChI=1S/C19H23N3O3/c1-14(2)25-17-10-6-4-8-15(17)12-21-22-19(23)13-20-16-9-5-7-11-18(16)24-3/h4-12,14,20H,13H2,1-3H3,(H,22,23)/b21-12+. The fraction of sp³-hybridized carbons (Fsp3) is 0.263. The van der Waals surface area contributed by atoms with Crippen LogP contribution in [-0.2, 0) is 4.79 Å². The maximum Gasteiger partial charge on any atom is 0.259 e. The highest BCUT2D eigenvalue weighted by atomic mass is 16.5. The summed E-state index contributed by atoms with van der Waals surface area (Å²) in [7, 11) is 1.58. The van der Waals surface area contributed by atoms with Crippen molar-refractivity contribution in [1.29, 1.82) is 0 Å². The minimum Gasteiger partial charge on any atom is -0.495 e. The van der Waals surface area contributed by atoms with Crippen molar-refractivity contribution in [2.75, 3.05) is 19.0 Å². The van der Waals surface area contributed by atoms with Gasteiger partial charge in [0.2, 0.25) is 0 Å². The number of rotatable bonds is 8. The van der Waals surface area contributed by atoms with Crippen molar-refractivity contribution < 1.29 is 14.3 Å². The molecule has 2 N–H and O–H groups in total. The molecule has 6 heteroatoms. The largest absolute Gasteiger partial charge is 0.495 e. The molecule has 0 bridgehead atoms. The number of nitrogens with zero attached hydrogens (tertiary/aromatic N) is 1. The molecular weight excluding hydrogens is 318 g/mol. The van der Waals surface area contributed by atoms with E-state index in [2.05, 4.69) is 15.8 Å². The third kappa shape index (κ3) is 5.84. The molecule has 0 heterocycles. The summed E-state index contributed by atoms with van der Waals surface area (Å²) in [6.45, 7) is 4.00. The van der Waals surface area contributed by atoms with Gasteiger partial charge in [-0.05, 0) is 38.1 Å². The van der Waals surface area contributed by atoms with Gasteiger partial charge in [0.05, 0.1) is 31.7 Å². The minimum absolute atomic E-state index is 0.0641. The van der Waals surface area contributed by atoms with Crippen LogP contribution in [0.4, 0.5) is 5.69 Å². The fourth-order valence-electron chi connectivity index (χ4n) is 2.13. The summed E-state index contributed by atoms with van der Waals surface area (Å²) in [6, 6.07) is 14.9. The molecule has 0 saturated carbocycles. The number of methoxy groups -OCH3 is 1. The molecule has 0 aliphatic heterocycles. The lowest BCUT2D eigenvalue weighted by Crippen LogP contribution is -2.26. The molecule has 2 aromatic rings. The summed E-state index contributed by atoms with van der Waals surface area (Å²) < 4.78 is 10.9. The number of benzene rings is 2. The summed E-state index contributed by atoms with van der Waals surface area (Å²) in [5, 5.41) is 7.00. The van der Waals surface area contributed by atoms with E-state index in [-0.39, 0.29) is 18.6 Å². The molecule has 25 heavy (non-hydrogen) atoms. The molecule has 0 aliphatic rings. The molecule has 0 saturated heterocycles. The van der Waals surface area contributed by atoms with Gasteiger partial charge in [-0.1, -0.05) is 24.3 Å². The molecule has 132 valence electrons. The Hall–Kier alpha value is -3.02. The summed E-state index contributed by atoms with van der Waals surface area (Å²) in [5.74, 6) is 1.14. The average molecular weight is 341 g/mol. The van der Waals surface area contributed by atoms with Crippen LogP contribution in [0, 0.1) is 0 Å². The predicted molar refractivity (Wildman–Crippen MR) is 99.4 cm³/mol. The molecule has 2 aromatic carbocycles. The van der Waals surface area contributed by atoms with Gasteiger partial charge < -0.3 is 14.8 Å². The van der Waals surface area contributed by atoms with E-state index in [1.54, 1.807) is 13.3 Å². The zero-order valence-electron chi connectivity index (χ0n) is 14.7. The molecule has 6 nitrogen and oxygen atoms in total. The number of anilines is 1. The number of para-hydroxylation sites is 3. The second-order valence-corrected chi connectivity index (χ2v) is 5.55. The summed E-state index contributed by atoms with van der Waals surface area (Å²) >= 11 is 0. The van der Waals surface area contributed by atoms with E-state index in [0.717, 1.165) is 17.0 Å². The first kappa shape index (κ1) is 18.3. The highest BCUT2D eigenvalue weighted by Gasteiger charge is 2.05. The van der Waals surface area contributed by atoms with Crippen LogP contribution in [0.3, 0.4) is 0 Å². The smallest absolute Gasteiger partial charge is 0.259 e. The maximum atomic E-state index is 11.9. The van der Waals surface area contributed by atoms with Gasteiger partial charge in [-0.3, -0.25) is 4.79 Å². The Labute approximate surface area is 147 Å². The number of hydrazone groups is 1. The Bertz CT molecular complexity index is 729. The summed E-state index contributed by atoms with van der Waals surface area (Å²) in [4.78, 5) is 11.9. The van der Waals surface area contributed by atoms with Crippen molar-refractivity contribution in [2.24, 2.45) is 5.10 Å². The molecule has 0 spiro atoms. The first-order valence-corrected chi connectivity index (χ1v) is 8.04. The van der Waals surface area contributed by atoms with Crippen molar-refractivity contribution in [2.45, 2.75) is 20.0 Å². The zero-order chi connectivity index (χ0) is 18.1. The number of amides is 1. The Morgan fingerprint density at radius 1 is 1.12 bits per heavy atom. The molecule has 0 fully saturated rings. The van der Waals surface area contributed by atoms with E-state index >= 15 is 0 Å². The van der Waals surface area contributed by atoms with E-state index in [1.165, 1.54) is 0 Å². The van der Waals surface area contributed by atoms with Crippen molar-refractivity contribution in [1.82, 2.24) is 5.43 Å². The second-order valence-electron chi connectivity index (χ2n) is 5.55. The third-order valence-corrected chi connectivity index (χ3v) is 3.22. The quantitative estimate of drug-likeness (QED) is 0.572. The number of hydrogen-bond acceptors (Lipinski definition) is 5. The topological polar surface area (TPSA) is 72.0 Å². The minimum atomic E-state index is -0.260. The van der Waals surface area contributed by atoms with Crippen molar-refractivity contribution in [3.8, 4) is 11.5 Å². The van der Waals surface area contributed by atoms with Crippen molar-refractivity contribution in [3.05, 3.63) is 54.1 Å². The first-order chi connectivity index (χ1) is 12.1. The lowest BCUT2D eigenvalue weighted by atomic mass is 10.2. The van der Waals surface area contributed by atoms with E-state index < -0.39 is 0 Å². The van der Waals surface area contributed by atoms with Crippen LogP contribution in [0.1, 0.15) is 19.4 Å². The maximum absolute atomic E-state index is 11.9. The number of hydrogen-bond donors (Lipinski definition) is 2. The lowest BCUT2D eigenvalue weighted by Gasteiger charge is -2.11.